The third-order valence-corrected chi connectivity index (χ3v) is 6.58. The third kappa shape index (κ3) is 6.03. The maximum atomic E-state index is 14.2. The van der Waals surface area contributed by atoms with Crippen molar-refractivity contribution in [1.29, 1.82) is 0 Å². The predicted octanol–water partition coefficient (Wildman–Crippen LogP) is 4.42. The maximum absolute atomic E-state index is 14.2. The monoisotopic (exact) mass is 520 g/mol. The number of piperidine rings is 1. The average molecular weight is 521 g/mol. The number of aryl methyl sites for hydroxylation is 1. The zero-order chi connectivity index (χ0) is 25.1. The van der Waals surface area contributed by atoms with Crippen molar-refractivity contribution in [2.75, 3.05) is 25.5 Å². The summed E-state index contributed by atoms with van der Waals surface area (Å²) in [6.45, 7) is 6.88. The number of likely N-dealkylation sites (tertiary alicyclic amines) is 1. The van der Waals surface area contributed by atoms with Gasteiger partial charge in [0.25, 0.3) is 11.1 Å². The summed E-state index contributed by atoms with van der Waals surface area (Å²) in [5, 5.41) is 11.6. The van der Waals surface area contributed by atoms with Crippen LogP contribution in [0.5, 0.6) is 10.9 Å². The van der Waals surface area contributed by atoms with E-state index in [0.29, 0.717) is 47.6 Å². The number of hydrogen-bond donors (Lipinski definition) is 1. The Balaban J connectivity index is 1.52. The summed E-state index contributed by atoms with van der Waals surface area (Å²) in [6, 6.07) is 3.62. The quantitative estimate of drug-likeness (QED) is 0.457. The molecule has 4 heterocycles. The second-order valence-electron chi connectivity index (χ2n) is 8.53. The van der Waals surface area contributed by atoms with Gasteiger partial charge in [0, 0.05) is 48.6 Å². The van der Waals surface area contributed by atoms with Crippen molar-refractivity contribution in [3.63, 3.8) is 0 Å². The summed E-state index contributed by atoms with van der Waals surface area (Å²) in [6.07, 6.45) is 1.97. The van der Waals surface area contributed by atoms with Crippen molar-refractivity contribution in [3.8, 4) is 22.1 Å². The Bertz CT molecular complexity index is 1210. The standard InChI is InChI=1S/C23H26ClFN6O3S/c1-12(2)31-10-14(25)6-15(11-31)34-23-30-29-22(35-23)28-21(32)18-8-26-13(3)5-16(18)17-7-20(24)27-9-19(17)33-4/h5,7-9,12,14-15H,6,10-11H2,1-4H3,(H,28,29,32)/t14-,15+/m0/s1. The molecule has 0 radical (unpaired) electrons. The van der Waals surface area contributed by atoms with Crippen molar-refractivity contribution in [1.82, 2.24) is 25.1 Å². The molecule has 186 valence electrons. The van der Waals surface area contributed by atoms with Gasteiger partial charge < -0.3 is 9.47 Å². The van der Waals surface area contributed by atoms with Gasteiger partial charge >= 0.3 is 0 Å². The molecular weight excluding hydrogens is 495 g/mol. The van der Waals surface area contributed by atoms with Crippen molar-refractivity contribution in [2.45, 2.75) is 45.5 Å². The molecule has 0 unspecified atom stereocenters. The van der Waals surface area contributed by atoms with Crippen LogP contribution in [0.15, 0.2) is 24.5 Å². The van der Waals surface area contributed by atoms with Crippen LogP contribution in [0.25, 0.3) is 11.1 Å². The van der Waals surface area contributed by atoms with Gasteiger partial charge in [-0.25, -0.2) is 9.37 Å². The van der Waals surface area contributed by atoms with Crippen LogP contribution < -0.4 is 14.8 Å². The number of ether oxygens (including phenoxy) is 2. The van der Waals surface area contributed by atoms with Gasteiger partial charge in [-0.2, -0.15) is 0 Å². The lowest BCUT2D eigenvalue weighted by Gasteiger charge is -2.36. The van der Waals surface area contributed by atoms with Gasteiger partial charge in [-0.3, -0.25) is 20.0 Å². The van der Waals surface area contributed by atoms with E-state index in [-0.39, 0.29) is 27.6 Å². The second-order valence-corrected chi connectivity index (χ2v) is 9.85. The van der Waals surface area contributed by atoms with Crippen molar-refractivity contribution < 1.29 is 18.7 Å². The average Bonchev–Trinajstić information content (AvgIpc) is 3.24. The van der Waals surface area contributed by atoms with Gasteiger partial charge in [0.05, 0.1) is 18.9 Å². The first kappa shape index (κ1) is 25.2. The van der Waals surface area contributed by atoms with Gasteiger partial charge in [-0.1, -0.05) is 16.7 Å². The molecule has 1 fully saturated rings. The lowest BCUT2D eigenvalue weighted by molar-refractivity contribution is 0.0249. The number of methoxy groups -OCH3 is 1. The smallest absolute Gasteiger partial charge is 0.296 e. The number of nitrogens with one attached hydrogen (secondary N) is 1. The molecule has 1 aliphatic rings. The highest BCUT2D eigenvalue weighted by atomic mass is 35.5. The number of halogens is 2. The molecule has 0 spiro atoms. The fourth-order valence-corrected chi connectivity index (χ4v) is 4.72. The Morgan fingerprint density at radius 3 is 2.77 bits per heavy atom. The van der Waals surface area contributed by atoms with E-state index in [9.17, 15) is 9.18 Å². The van der Waals surface area contributed by atoms with E-state index in [1.54, 1.807) is 12.1 Å². The molecule has 0 aromatic carbocycles. The minimum Gasteiger partial charge on any atom is -0.494 e. The number of anilines is 1. The molecule has 1 N–H and O–H groups in total. The highest BCUT2D eigenvalue weighted by molar-refractivity contribution is 7.17. The van der Waals surface area contributed by atoms with E-state index in [0.717, 1.165) is 11.3 Å². The highest BCUT2D eigenvalue weighted by Gasteiger charge is 2.30. The summed E-state index contributed by atoms with van der Waals surface area (Å²) in [5.41, 5.74) is 2.21. The molecule has 12 heteroatoms. The van der Waals surface area contributed by atoms with Crippen LogP contribution >= 0.6 is 22.9 Å². The Hall–Kier alpha value is -2.89. The second kappa shape index (κ2) is 10.8. The molecule has 2 atom stereocenters. The van der Waals surface area contributed by atoms with Crippen molar-refractivity contribution in [2.24, 2.45) is 0 Å². The zero-order valence-electron chi connectivity index (χ0n) is 19.8. The van der Waals surface area contributed by atoms with Crippen LogP contribution in [-0.2, 0) is 0 Å². The van der Waals surface area contributed by atoms with Gasteiger partial charge in [0.15, 0.2) is 0 Å². The number of carbonyl (C=O) groups is 1. The topological polar surface area (TPSA) is 102 Å². The lowest BCUT2D eigenvalue weighted by Crippen LogP contribution is -2.49. The Morgan fingerprint density at radius 2 is 2.03 bits per heavy atom. The maximum Gasteiger partial charge on any atom is 0.296 e. The molecule has 0 aliphatic carbocycles. The summed E-state index contributed by atoms with van der Waals surface area (Å²) < 4.78 is 25.5. The number of hydrogen-bond acceptors (Lipinski definition) is 9. The Kier molecular flexibility index (Phi) is 7.78. The van der Waals surface area contributed by atoms with E-state index in [1.807, 2.05) is 25.7 Å². The molecule has 3 aromatic heterocycles. The number of carbonyl (C=O) groups excluding carboxylic acids is 1. The van der Waals surface area contributed by atoms with Crippen LogP contribution in [0.4, 0.5) is 9.52 Å². The fraction of sp³-hybridized carbons (Fsp3) is 0.435. The molecule has 1 saturated heterocycles. The molecule has 9 nitrogen and oxygen atoms in total. The van der Waals surface area contributed by atoms with E-state index in [4.69, 9.17) is 21.1 Å². The number of pyridine rings is 2. The summed E-state index contributed by atoms with van der Waals surface area (Å²) in [5.74, 6) is 0.0346. The van der Waals surface area contributed by atoms with Gasteiger partial charge in [0.1, 0.15) is 23.2 Å². The van der Waals surface area contributed by atoms with Crippen LogP contribution in [-0.4, -0.2) is 69.5 Å². The van der Waals surface area contributed by atoms with Gasteiger partial charge in [-0.15, -0.1) is 5.10 Å². The number of amides is 1. The first-order valence-electron chi connectivity index (χ1n) is 11.1. The summed E-state index contributed by atoms with van der Waals surface area (Å²) in [7, 11) is 1.52. The SMILES string of the molecule is COc1cnc(Cl)cc1-c1cc(C)ncc1C(=O)Nc1nnc(O[C@@H]2C[C@H](F)CN(C(C)C)C2)s1. The lowest BCUT2D eigenvalue weighted by atomic mass is 10.0. The van der Waals surface area contributed by atoms with Gasteiger partial charge in [-0.05, 0) is 44.2 Å². The molecule has 1 amide bonds. The fourth-order valence-electron chi connectivity index (χ4n) is 3.90. The number of rotatable bonds is 7. The van der Waals surface area contributed by atoms with Crippen LogP contribution in [0.2, 0.25) is 5.15 Å². The van der Waals surface area contributed by atoms with E-state index < -0.39 is 12.1 Å². The first-order chi connectivity index (χ1) is 16.7. The molecule has 0 bridgehead atoms. The van der Waals surface area contributed by atoms with Crippen LogP contribution in [0.3, 0.4) is 0 Å². The summed E-state index contributed by atoms with van der Waals surface area (Å²) >= 11 is 7.19. The van der Waals surface area contributed by atoms with Crippen LogP contribution in [0.1, 0.15) is 36.3 Å². The van der Waals surface area contributed by atoms with E-state index in [2.05, 4.69) is 25.5 Å². The minimum atomic E-state index is -0.964. The molecule has 35 heavy (non-hydrogen) atoms. The normalized spacial score (nSPS) is 18.5. The van der Waals surface area contributed by atoms with E-state index in [1.165, 1.54) is 19.5 Å². The van der Waals surface area contributed by atoms with E-state index >= 15 is 0 Å². The van der Waals surface area contributed by atoms with Crippen molar-refractivity contribution >= 4 is 34.0 Å². The third-order valence-electron chi connectivity index (χ3n) is 5.64. The molecular formula is C23H26ClFN6O3S. The Labute approximate surface area is 211 Å². The first-order valence-corrected chi connectivity index (χ1v) is 12.3. The predicted molar refractivity (Wildman–Crippen MR) is 132 cm³/mol. The number of nitrogens with zero attached hydrogens (tertiary/aromatic N) is 5. The molecule has 1 aliphatic heterocycles. The largest absolute Gasteiger partial charge is 0.494 e. The molecule has 3 aromatic rings. The minimum absolute atomic E-state index is 0.218. The zero-order valence-corrected chi connectivity index (χ0v) is 21.4. The van der Waals surface area contributed by atoms with Crippen LogP contribution in [0, 0.1) is 6.92 Å². The number of aromatic nitrogens is 4. The Morgan fingerprint density at radius 1 is 1.23 bits per heavy atom. The van der Waals surface area contributed by atoms with Gasteiger partial charge in [0.2, 0.25) is 5.13 Å². The number of alkyl halides is 1. The van der Waals surface area contributed by atoms with Crippen molar-refractivity contribution in [3.05, 3.63) is 40.9 Å². The summed E-state index contributed by atoms with van der Waals surface area (Å²) in [4.78, 5) is 23.5. The highest BCUT2D eigenvalue weighted by Crippen LogP contribution is 2.34. The molecule has 4 rings (SSSR count). The molecule has 0 saturated carbocycles.